The SMILES string of the molecule is CC/C=C\C/C=C\C/C=C\C/C=C\C/C=C\CCCCCCCC(=O)OC(CO)COCCCCCCCCCCCCCC/C=C\CCCCCCCCCC. The van der Waals surface area contributed by atoms with E-state index in [2.05, 4.69) is 86.8 Å². The van der Waals surface area contributed by atoms with E-state index < -0.39 is 6.10 Å². The second kappa shape index (κ2) is 50.0. The summed E-state index contributed by atoms with van der Waals surface area (Å²) in [6.45, 7) is 5.22. The van der Waals surface area contributed by atoms with Crippen molar-refractivity contribution in [1.82, 2.24) is 0 Å². The van der Waals surface area contributed by atoms with Gasteiger partial charge in [0, 0.05) is 13.0 Å². The number of aliphatic hydroxyl groups excluding tert-OH is 1. The minimum Gasteiger partial charge on any atom is -0.457 e. The molecule has 4 heteroatoms. The van der Waals surface area contributed by atoms with Crippen molar-refractivity contribution >= 4 is 5.97 Å². The summed E-state index contributed by atoms with van der Waals surface area (Å²) in [5.74, 6) is -0.219. The van der Waals surface area contributed by atoms with E-state index in [0.717, 1.165) is 64.2 Å². The van der Waals surface area contributed by atoms with Gasteiger partial charge in [0.2, 0.25) is 0 Å². The van der Waals surface area contributed by atoms with E-state index in [1.807, 2.05) is 0 Å². The molecule has 0 aliphatic rings. The van der Waals surface area contributed by atoms with Crippen LogP contribution in [-0.4, -0.2) is 37.0 Å². The van der Waals surface area contributed by atoms with Crippen LogP contribution in [0.25, 0.3) is 0 Å². The summed E-state index contributed by atoms with van der Waals surface area (Å²) in [5, 5.41) is 9.64. The molecule has 0 amide bonds. The van der Waals surface area contributed by atoms with Crippen LogP contribution >= 0.6 is 0 Å². The first kappa shape index (κ1) is 54.8. The lowest BCUT2D eigenvalue weighted by Gasteiger charge is -2.15. The molecule has 0 heterocycles. The average molecular weight is 795 g/mol. The smallest absolute Gasteiger partial charge is 0.306 e. The van der Waals surface area contributed by atoms with Gasteiger partial charge in [-0.15, -0.1) is 0 Å². The van der Waals surface area contributed by atoms with Crippen LogP contribution in [0.2, 0.25) is 0 Å². The first-order valence-corrected chi connectivity index (χ1v) is 24.5. The number of carbonyl (C=O) groups excluding carboxylic acids is 1. The van der Waals surface area contributed by atoms with Gasteiger partial charge in [-0.2, -0.15) is 0 Å². The zero-order valence-electron chi connectivity index (χ0n) is 37.8. The Morgan fingerprint density at radius 3 is 1.21 bits per heavy atom. The second-order valence-electron chi connectivity index (χ2n) is 16.2. The Hall–Kier alpha value is -2.17. The Morgan fingerprint density at radius 2 is 0.789 bits per heavy atom. The Bertz CT molecular complexity index is 973. The van der Waals surface area contributed by atoms with Gasteiger partial charge in [0.1, 0.15) is 6.10 Å². The highest BCUT2D eigenvalue weighted by molar-refractivity contribution is 5.69. The molecule has 0 aliphatic carbocycles. The molecular weight excluding hydrogens is 701 g/mol. The van der Waals surface area contributed by atoms with Gasteiger partial charge in [-0.25, -0.2) is 0 Å². The Kier molecular flexibility index (Phi) is 48.1. The van der Waals surface area contributed by atoms with Gasteiger partial charge in [0.05, 0.1) is 13.2 Å². The summed E-state index contributed by atoms with van der Waals surface area (Å²) in [6.07, 6.45) is 68.4. The molecule has 0 aromatic carbocycles. The standard InChI is InChI=1S/C53H94O4/c1-3-5-7-9-11-13-15-17-19-21-23-25-26-27-29-31-33-35-37-39-41-43-45-47-49-56-51-52(50-54)57-53(55)48-46-44-42-40-38-36-34-32-30-28-24-22-20-18-16-14-12-10-8-6-4-2/h6,8,12,14,18,20-21,23-24,28,32,34,52,54H,3-5,7,9-11,13,15-17,19,22,25-27,29-31,33,35-51H2,1-2H3/b8-6-,14-12-,20-18-,23-21-,28-24-,34-32-. The van der Waals surface area contributed by atoms with E-state index in [4.69, 9.17) is 9.47 Å². The average Bonchev–Trinajstić information content (AvgIpc) is 3.22. The van der Waals surface area contributed by atoms with Crippen molar-refractivity contribution < 1.29 is 19.4 Å². The Labute approximate surface area is 355 Å². The van der Waals surface area contributed by atoms with Gasteiger partial charge in [-0.05, 0) is 83.5 Å². The van der Waals surface area contributed by atoms with Crippen molar-refractivity contribution in [3.63, 3.8) is 0 Å². The lowest BCUT2D eigenvalue weighted by atomic mass is 10.0. The van der Waals surface area contributed by atoms with Crippen LogP contribution in [-0.2, 0) is 14.3 Å². The largest absolute Gasteiger partial charge is 0.457 e. The van der Waals surface area contributed by atoms with Crippen LogP contribution in [0.15, 0.2) is 72.9 Å². The molecule has 1 atom stereocenters. The number of aliphatic hydroxyl groups is 1. The number of carbonyl (C=O) groups is 1. The minimum atomic E-state index is -0.549. The maximum atomic E-state index is 12.2. The third-order valence-corrected chi connectivity index (χ3v) is 10.5. The zero-order chi connectivity index (χ0) is 41.2. The van der Waals surface area contributed by atoms with Gasteiger partial charge in [-0.3, -0.25) is 4.79 Å². The second-order valence-corrected chi connectivity index (χ2v) is 16.2. The number of unbranched alkanes of at least 4 members (excludes halogenated alkanes) is 25. The lowest BCUT2D eigenvalue weighted by Crippen LogP contribution is -2.27. The summed E-state index contributed by atoms with van der Waals surface area (Å²) in [7, 11) is 0. The normalized spacial score (nSPS) is 13.0. The number of hydrogen-bond donors (Lipinski definition) is 1. The molecular formula is C53H94O4. The molecule has 0 aromatic heterocycles. The Morgan fingerprint density at radius 1 is 0.439 bits per heavy atom. The summed E-state index contributed by atoms with van der Waals surface area (Å²) < 4.78 is 11.2. The highest BCUT2D eigenvalue weighted by atomic mass is 16.6. The van der Waals surface area contributed by atoms with Gasteiger partial charge < -0.3 is 14.6 Å². The van der Waals surface area contributed by atoms with E-state index >= 15 is 0 Å². The molecule has 0 fully saturated rings. The Balaban J connectivity index is 3.46. The van der Waals surface area contributed by atoms with Crippen molar-refractivity contribution in [3.05, 3.63) is 72.9 Å². The van der Waals surface area contributed by atoms with Gasteiger partial charge in [-0.1, -0.05) is 215 Å². The fourth-order valence-corrected chi connectivity index (χ4v) is 6.88. The monoisotopic (exact) mass is 795 g/mol. The molecule has 0 aromatic rings. The molecule has 0 radical (unpaired) electrons. The molecule has 0 saturated heterocycles. The molecule has 57 heavy (non-hydrogen) atoms. The number of esters is 1. The van der Waals surface area contributed by atoms with Crippen LogP contribution < -0.4 is 0 Å². The zero-order valence-corrected chi connectivity index (χ0v) is 37.8. The van der Waals surface area contributed by atoms with Crippen LogP contribution in [0.3, 0.4) is 0 Å². The van der Waals surface area contributed by atoms with Crippen LogP contribution in [0.1, 0.15) is 232 Å². The summed E-state index contributed by atoms with van der Waals surface area (Å²) in [6, 6.07) is 0. The van der Waals surface area contributed by atoms with E-state index in [9.17, 15) is 9.90 Å². The number of rotatable bonds is 45. The molecule has 0 rings (SSSR count). The highest BCUT2D eigenvalue weighted by Gasteiger charge is 2.13. The van der Waals surface area contributed by atoms with Gasteiger partial charge >= 0.3 is 5.97 Å². The predicted molar refractivity (Wildman–Crippen MR) is 251 cm³/mol. The molecule has 1 N–H and O–H groups in total. The van der Waals surface area contributed by atoms with Crippen LogP contribution in [0.4, 0.5) is 0 Å². The first-order valence-electron chi connectivity index (χ1n) is 24.5. The molecule has 1 unspecified atom stereocenters. The third kappa shape index (κ3) is 48.1. The molecule has 0 saturated carbocycles. The fourth-order valence-electron chi connectivity index (χ4n) is 6.88. The van der Waals surface area contributed by atoms with Crippen molar-refractivity contribution in [2.24, 2.45) is 0 Å². The highest BCUT2D eigenvalue weighted by Crippen LogP contribution is 2.14. The van der Waals surface area contributed by atoms with Crippen molar-refractivity contribution in [1.29, 1.82) is 0 Å². The lowest BCUT2D eigenvalue weighted by molar-refractivity contribution is -0.154. The first-order chi connectivity index (χ1) is 28.2. The summed E-state index contributed by atoms with van der Waals surface area (Å²) in [4.78, 5) is 12.2. The molecule has 0 bridgehead atoms. The summed E-state index contributed by atoms with van der Waals surface area (Å²) >= 11 is 0. The molecule has 330 valence electrons. The fraction of sp³-hybridized carbons (Fsp3) is 0.755. The quantitative estimate of drug-likeness (QED) is 0.0379. The number of ether oxygens (including phenoxy) is 2. The third-order valence-electron chi connectivity index (χ3n) is 10.5. The van der Waals surface area contributed by atoms with Crippen LogP contribution in [0, 0.1) is 0 Å². The van der Waals surface area contributed by atoms with E-state index in [1.54, 1.807) is 0 Å². The predicted octanol–water partition coefficient (Wildman–Crippen LogP) is 16.5. The van der Waals surface area contributed by atoms with E-state index in [0.29, 0.717) is 13.0 Å². The topological polar surface area (TPSA) is 55.8 Å². The number of allylic oxidation sites excluding steroid dienone is 12. The number of hydrogen-bond acceptors (Lipinski definition) is 4. The van der Waals surface area contributed by atoms with Crippen molar-refractivity contribution in [2.45, 2.75) is 238 Å². The summed E-state index contributed by atoms with van der Waals surface area (Å²) in [5.41, 5.74) is 0. The van der Waals surface area contributed by atoms with Gasteiger partial charge in [0.15, 0.2) is 0 Å². The van der Waals surface area contributed by atoms with Crippen molar-refractivity contribution in [2.75, 3.05) is 19.8 Å². The van der Waals surface area contributed by atoms with E-state index in [-0.39, 0.29) is 19.2 Å². The minimum absolute atomic E-state index is 0.182. The van der Waals surface area contributed by atoms with Crippen LogP contribution in [0.5, 0.6) is 0 Å². The maximum absolute atomic E-state index is 12.2. The van der Waals surface area contributed by atoms with E-state index in [1.165, 1.54) is 148 Å². The van der Waals surface area contributed by atoms with Crippen molar-refractivity contribution in [3.8, 4) is 0 Å². The molecule has 4 nitrogen and oxygen atoms in total. The molecule has 0 aliphatic heterocycles. The maximum Gasteiger partial charge on any atom is 0.306 e. The molecule has 0 spiro atoms. The van der Waals surface area contributed by atoms with Gasteiger partial charge in [0.25, 0.3) is 0 Å².